The van der Waals surface area contributed by atoms with Crippen molar-refractivity contribution in [1.29, 1.82) is 0 Å². The lowest BCUT2D eigenvalue weighted by Gasteiger charge is -2.08. The largest absolute Gasteiger partial charge is 0.305 e. The second-order valence-corrected chi connectivity index (χ2v) is 3.05. The first kappa shape index (κ1) is 11.8. The van der Waals surface area contributed by atoms with Gasteiger partial charge >= 0.3 is 0 Å². The van der Waals surface area contributed by atoms with E-state index in [0.29, 0.717) is 0 Å². The van der Waals surface area contributed by atoms with E-state index >= 15 is 0 Å². The molecule has 0 aliphatic rings. The zero-order valence-corrected chi connectivity index (χ0v) is 9.25. The highest BCUT2D eigenvalue weighted by atomic mass is 15.1. The Morgan fingerprint density at radius 2 is 1.56 bits per heavy atom. The van der Waals surface area contributed by atoms with Crippen molar-refractivity contribution in [2.75, 3.05) is 11.9 Å². The molecule has 16 heavy (non-hydrogen) atoms. The summed E-state index contributed by atoms with van der Waals surface area (Å²) in [6.45, 7) is 0. The molecule has 0 saturated carbocycles. The molecule has 1 aromatic heterocycles. The summed E-state index contributed by atoms with van der Waals surface area (Å²) in [6.07, 6.45) is 8.68. The molecule has 1 aromatic carbocycles. The van der Waals surface area contributed by atoms with Crippen molar-refractivity contribution >= 4 is 5.69 Å². The van der Waals surface area contributed by atoms with Gasteiger partial charge in [0, 0.05) is 31.2 Å². The molecule has 2 heteroatoms. The standard InChI is InChI=1S/C9H9N.C5H5N/c1-3-10(2)9-7-5-4-6-8-9;1-2-4-6-5-3-1/h1,4-8H,2H3;1-5H. The van der Waals surface area contributed by atoms with Crippen LogP contribution in [0.15, 0.2) is 60.9 Å². The molecule has 0 atom stereocenters. The Hall–Kier alpha value is -2.27. The van der Waals surface area contributed by atoms with Gasteiger partial charge in [0.05, 0.1) is 0 Å². The molecule has 0 N–H and O–H groups in total. The molecule has 0 fully saturated rings. The van der Waals surface area contributed by atoms with Gasteiger partial charge < -0.3 is 4.90 Å². The van der Waals surface area contributed by atoms with Gasteiger partial charge in [-0.05, 0) is 24.3 Å². The van der Waals surface area contributed by atoms with E-state index in [0.717, 1.165) is 5.69 Å². The summed E-state index contributed by atoms with van der Waals surface area (Å²) in [6, 6.07) is 18.1. The first-order valence-electron chi connectivity index (χ1n) is 4.94. The van der Waals surface area contributed by atoms with Crippen LogP contribution < -0.4 is 4.90 Å². The number of terminal acetylenes is 1. The molecule has 0 amide bonds. The summed E-state index contributed by atoms with van der Waals surface area (Å²) >= 11 is 0. The lowest BCUT2D eigenvalue weighted by molar-refractivity contribution is 1.25. The lowest BCUT2D eigenvalue weighted by Crippen LogP contribution is -2.06. The summed E-state index contributed by atoms with van der Waals surface area (Å²) in [4.78, 5) is 5.52. The Morgan fingerprint density at radius 3 is 1.94 bits per heavy atom. The van der Waals surface area contributed by atoms with Gasteiger partial charge in [0.1, 0.15) is 0 Å². The first-order valence-corrected chi connectivity index (χ1v) is 4.94. The van der Waals surface area contributed by atoms with Crippen molar-refractivity contribution < 1.29 is 0 Å². The molecule has 0 saturated heterocycles. The van der Waals surface area contributed by atoms with Crippen LogP contribution in [0.2, 0.25) is 0 Å². The summed E-state index contributed by atoms with van der Waals surface area (Å²) in [5, 5.41) is 0. The minimum Gasteiger partial charge on any atom is -0.305 e. The molecule has 0 aliphatic heterocycles. The highest BCUT2D eigenvalue weighted by molar-refractivity contribution is 5.49. The van der Waals surface area contributed by atoms with Gasteiger partial charge in [-0.1, -0.05) is 30.7 Å². The zero-order chi connectivity index (χ0) is 11.6. The molecule has 0 unspecified atom stereocenters. The van der Waals surface area contributed by atoms with Crippen LogP contribution in [0.5, 0.6) is 0 Å². The van der Waals surface area contributed by atoms with Gasteiger partial charge in [-0.25, -0.2) is 0 Å². The van der Waals surface area contributed by atoms with Gasteiger partial charge in [0.25, 0.3) is 0 Å². The SMILES string of the molecule is C#CN(C)c1ccccc1.c1ccncc1. The fraction of sp³-hybridized carbons (Fsp3) is 0.0714. The number of benzene rings is 1. The van der Waals surface area contributed by atoms with Gasteiger partial charge in [0.15, 0.2) is 0 Å². The average molecular weight is 210 g/mol. The van der Waals surface area contributed by atoms with Crippen LogP contribution in [0, 0.1) is 12.5 Å². The maximum absolute atomic E-state index is 5.18. The number of hydrogen-bond donors (Lipinski definition) is 0. The number of anilines is 1. The van der Waals surface area contributed by atoms with Gasteiger partial charge in [0.2, 0.25) is 0 Å². The number of hydrogen-bond acceptors (Lipinski definition) is 2. The Labute approximate surface area is 96.6 Å². The monoisotopic (exact) mass is 210 g/mol. The predicted molar refractivity (Wildman–Crippen MR) is 67.9 cm³/mol. The fourth-order valence-corrected chi connectivity index (χ4v) is 1.04. The Bertz CT molecular complexity index is 391. The third kappa shape index (κ3) is 4.30. The van der Waals surface area contributed by atoms with Crippen molar-refractivity contribution in [2.24, 2.45) is 0 Å². The fourth-order valence-electron chi connectivity index (χ4n) is 1.04. The zero-order valence-electron chi connectivity index (χ0n) is 9.25. The minimum atomic E-state index is 1.05. The van der Waals surface area contributed by atoms with E-state index in [1.165, 1.54) is 0 Å². The third-order valence-corrected chi connectivity index (χ3v) is 1.90. The normalized spacial score (nSPS) is 8.25. The van der Waals surface area contributed by atoms with Crippen molar-refractivity contribution in [1.82, 2.24) is 4.98 Å². The summed E-state index contributed by atoms with van der Waals surface area (Å²) in [7, 11) is 1.86. The molecular weight excluding hydrogens is 196 g/mol. The van der Waals surface area contributed by atoms with Gasteiger partial charge in [-0.2, -0.15) is 0 Å². The van der Waals surface area contributed by atoms with Crippen molar-refractivity contribution in [3.63, 3.8) is 0 Å². The molecule has 80 valence electrons. The molecule has 0 bridgehead atoms. The van der Waals surface area contributed by atoms with Crippen molar-refractivity contribution in [3.8, 4) is 12.5 Å². The van der Waals surface area contributed by atoms with Crippen LogP contribution in [0.25, 0.3) is 0 Å². The van der Waals surface area contributed by atoms with E-state index in [1.54, 1.807) is 17.3 Å². The summed E-state index contributed by atoms with van der Waals surface area (Å²) in [5.74, 6) is 0. The minimum absolute atomic E-state index is 1.05. The Balaban J connectivity index is 0.000000181. The van der Waals surface area contributed by atoms with E-state index in [-0.39, 0.29) is 0 Å². The van der Waals surface area contributed by atoms with Crippen LogP contribution >= 0.6 is 0 Å². The first-order chi connectivity index (χ1) is 7.84. The van der Waals surface area contributed by atoms with Crippen molar-refractivity contribution in [2.45, 2.75) is 0 Å². The third-order valence-electron chi connectivity index (χ3n) is 1.90. The van der Waals surface area contributed by atoms with Crippen LogP contribution in [0.3, 0.4) is 0 Å². The lowest BCUT2D eigenvalue weighted by atomic mass is 10.3. The van der Waals surface area contributed by atoms with Gasteiger partial charge in [-0.3, -0.25) is 4.98 Å². The molecule has 2 rings (SSSR count). The smallest absolute Gasteiger partial charge is 0.0485 e. The molecule has 2 nitrogen and oxygen atoms in total. The second-order valence-electron chi connectivity index (χ2n) is 3.05. The molecule has 0 spiro atoms. The van der Waals surface area contributed by atoms with Crippen LogP contribution in [-0.4, -0.2) is 12.0 Å². The quantitative estimate of drug-likeness (QED) is 0.531. The number of para-hydroxylation sites is 1. The number of nitrogens with zero attached hydrogens (tertiary/aromatic N) is 2. The Kier molecular flexibility index (Phi) is 5.22. The maximum atomic E-state index is 5.18. The molecule has 0 radical (unpaired) electrons. The van der Waals surface area contributed by atoms with E-state index in [2.05, 4.69) is 11.0 Å². The number of aromatic nitrogens is 1. The topological polar surface area (TPSA) is 16.1 Å². The van der Waals surface area contributed by atoms with E-state index in [4.69, 9.17) is 6.42 Å². The molecular formula is C14H14N2. The predicted octanol–water partition coefficient (Wildman–Crippen LogP) is 2.80. The maximum Gasteiger partial charge on any atom is 0.0485 e. The average Bonchev–Trinajstić information content (AvgIpc) is 2.41. The highest BCUT2D eigenvalue weighted by Crippen LogP contribution is 2.08. The Morgan fingerprint density at radius 1 is 1.00 bits per heavy atom. The summed E-state index contributed by atoms with van der Waals surface area (Å²) < 4.78 is 0. The highest BCUT2D eigenvalue weighted by Gasteiger charge is 1.91. The van der Waals surface area contributed by atoms with Crippen LogP contribution in [0.1, 0.15) is 0 Å². The summed E-state index contributed by atoms with van der Waals surface area (Å²) in [5.41, 5.74) is 1.05. The number of pyridine rings is 1. The molecule has 1 heterocycles. The molecule has 0 aliphatic carbocycles. The number of rotatable bonds is 1. The van der Waals surface area contributed by atoms with E-state index < -0.39 is 0 Å². The van der Waals surface area contributed by atoms with Crippen LogP contribution in [-0.2, 0) is 0 Å². The second kappa shape index (κ2) is 7.08. The van der Waals surface area contributed by atoms with Crippen LogP contribution in [0.4, 0.5) is 5.69 Å². The van der Waals surface area contributed by atoms with Crippen molar-refractivity contribution in [3.05, 3.63) is 60.9 Å². The van der Waals surface area contributed by atoms with E-state index in [1.807, 2.05) is 55.6 Å². The van der Waals surface area contributed by atoms with Gasteiger partial charge in [-0.15, -0.1) is 0 Å². The van der Waals surface area contributed by atoms with E-state index in [9.17, 15) is 0 Å². The molecule has 2 aromatic rings.